The van der Waals surface area contributed by atoms with Crippen LogP contribution in [-0.2, 0) is 9.59 Å². The minimum absolute atomic E-state index is 0.328. The van der Waals surface area contributed by atoms with Crippen LogP contribution in [-0.4, -0.2) is 30.3 Å². The summed E-state index contributed by atoms with van der Waals surface area (Å²) in [5, 5.41) is 13.9. The maximum absolute atomic E-state index is 12.1. The Morgan fingerprint density at radius 3 is 2.41 bits per heavy atom. The molecule has 7 nitrogen and oxygen atoms in total. The summed E-state index contributed by atoms with van der Waals surface area (Å²) < 4.78 is 10.4. The lowest BCUT2D eigenvalue weighted by Gasteiger charge is -2.08. The number of methoxy groups -OCH3 is 1. The third-order valence-electron chi connectivity index (χ3n) is 4.36. The van der Waals surface area contributed by atoms with Crippen molar-refractivity contribution in [1.82, 2.24) is 5.43 Å². The largest absolute Gasteiger partial charge is 0.497 e. The molecule has 1 amide bonds. The molecule has 2 N–H and O–H groups in total. The highest BCUT2D eigenvalue weighted by atomic mass is 16.5. The molecule has 0 aromatic heterocycles. The summed E-state index contributed by atoms with van der Waals surface area (Å²) >= 11 is 0. The van der Waals surface area contributed by atoms with Gasteiger partial charge in [-0.1, -0.05) is 54.6 Å². The lowest BCUT2D eigenvalue weighted by atomic mass is 10.1. The van der Waals surface area contributed by atoms with E-state index >= 15 is 0 Å². The van der Waals surface area contributed by atoms with Crippen LogP contribution in [0.5, 0.6) is 11.5 Å². The Kier molecular flexibility index (Phi) is 7.89. The molecule has 7 heteroatoms. The first-order valence-electron chi connectivity index (χ1n) is 9.75. The number of ether oxygens (including phenoxy) is 2. The molecule has 0 heterocycles. The van der Waals surface area contributed by atoms with Gasteiger partial charge in [0.2, 0.25) is 0 Å². The molecule has 0 saturated heterocycles. The number of hydrogen-bond acceptors (Lipinski definition) is 6. The molecule has 0 bridgehead atoms. The van der Waals surface area contributed by atoms with Crippen LogP contribution in [0.3, 0.4) is 0 Å². The van der Waals surface area contributed by atoms with Gasteiger partial charge in [0.05, 0.1) is 13.3 Å². The van der Waals surface area contributed by atoms with Crippen LogP contribution in [0.2, 0.25) is 0 Å². The smallest absolute Gasteiger partial charge is 0.336 e. The van der Waals surface area contributed by atoms with Crippen LogP contribution in [0.25, 0.3) is 6.08 Å². The van der Waals surface area contributed by atoms with Gasteiger partial charge < -0.3 is 14.6 Å². The summed E-state index contributed by atoms with van der Waals surface area (Å²) in [4.78, 5) is 24.1. The van der Waals surface area contributed by atoms with Crippen molar-refractivity contribution in [1.29, 1.82) is 0 Å². The number of aliphatic hydroxyl groups excluding tert-OH is 1. The molecular formula is C25H22N2O5. The quantitative estimate of drug-likeness (QED) is 0.187. The highest BCUT2D eigenvalue weighted by molar-refractivity contribution is 5.89. The van der Waals surface area contributed by atoms with Gasteiger partial charge in [-0.05, 0) is 47.0 Å². The number of hydrazone groups is 1. The van der Waals surface area contributed by atoms with Crippen LogP contribution in [0.15, 0.2) is 90.0 Å². The van der Waals surface area contributed by atoms with E-state index in [1.807, 2.05) is 12.1 Å². The lowest BCUT2D eigenvalue weighted by molar-refractivity contribution is -0.130. The highest BCUT2D eigenvalue weighted by Crippen LogP contribution is 2.15. The lowest BCUT2D eigenvalue weighted by Crippen LogP contribution is -2.25. The van der Waals surface area contributed by atoms with Crippen molar-refractivity contribution in [3.63, 3.8) is 0 Å². The normalized spacial score (nSPS) is 11.9. The molecule has 1 unspecified atom stereocenters. The predicted octanol–water partition coefficient (Wildman–Crippen LogP) is 3.50. The van der Waals surface area contributed by atoms with Crippen molar-refractivity contribution in [3.05, 3.63) is 102 Å². The summed E-state index contributed by atoms with van der Waals surface area (Å²) in [6, 6.07) is 22.4. The summed E-state index contributed by atoms with van der Waals surface area (Å²) in [5.74, 6) is -0.129. The fourth-order valence-corrected chi connectivity index (χ4v) is 2.71. The summed E-state index contributed by atoms with van der Waals surface area (Å²) in [6.07, 6.45) is 3.03. The predicted molar refractivity (Wildman–Crippen MR) is 121 cm³/mol. The molecule has 3 rings (SSSR count). The van der Waals surface area contributed by atoms with Crippen molar-refractivity contribution in [2.24, 2.45) is 5.10 Å². The topological polar surface area (TPSA) is 97.2 Å². The van der Waals surface area contributed by atoms with Crippen molar-refractivity contribution in [2.75, 3.05) is 7.11 Å². The monoisotopic (exact) mass is 430 g/mol. The van der Waals surface area contributed by atoms with Crippen LogP contribution >= 0.6 is 0 Å². The van der Waals surface area contributed by atoms with Gasteiger partial charge in [0, 0.05) is 6.08 Å². The average Bonchev–Trinajstić information content (AvgIpc) is 2.83. The fraction of sp³-hybridized carbons (Fsp3) is 0.0800. The maximum Gasteiger partial charge on any atom is 0.336 e. The standard InChI is InChI=1S/C25H22N2O5/c1-31-21-13-10-18(11-14-21)12-15-23(28)32-22-9-5-6-19(16-22)17-26-27-25(30)24(29)20-7-3-2-4-8-20/h2-17,24,29H,1H3,(H,27,30). The van der Waals surface area contributed by atoms with Crippen LogP contribution < -0.4 is 14.9 Å². The minimum Gasteiger partial charge on any atom is -0.497 e. The molecule has 3 aromatic carbocycles. The fourth-order valence-electron chi connectivity index (χ4n) is 2.71. The molecule has 0 aliphatic rings. The van der Waals surface area contributed by atoms with Crippen LogP contribution in [0.1, 0.15) is 22.8 Å². The number of hydrogen-bond donors (Lipinski definition) is 2. The molecule has 0 spiro atoms. The average molecular weight is 430 g/mol. The van der Waals surface area contributed by atoms with Crippen LogP contribution in [0.4, 0.5) is 0 Å². The zero-order chi connectivity index (χ0) is 22.8. The van der Waals surface area contributed by atoms with E-state index in [-0.39, 0.29) is 0 Å². The zero-order valence-electron chi connectivity index (χ0n) is 17.3. The van der Waals surface area contributed by atoms with Crippen molar-refractivity contribution >= 4 is 24.2 Å². The van der Waals surface area contributed by atoms with Gasteiger partial charge in [-0.25, -0.2) is 10.2 Å². The number of benzene rings is 3. The van der Waals surface area contributed by atoms with Crippen molar-refractivity contribution in [3.8, 4) is 11.5 Å². The maximum atomic E-state index is 12.1. The Bertz CT molecular complexity index is 1110. The Balaban J connectivity index is 1.54. The number of aliphatic hydroxyl groups is 1. The number of rotatable bonds is 8. The van der Waals surface area contributed by atoms with Crippen molar-refractivity contribution in [2.45, 2.75) is 6.10 Å². The number of carbonyl (C=O) groups excluding carboxylic acids is 2. The van der Waals surface area contributed by atoms with E-state index in [9.17, 15) is 14.7 Å². The van der Waals surface area contributed by atoms with E-state index in [2.05, 4.69) is 10.5 Å². The zero-order valence-corrected chi connectivity index (χ0v) is 17.3. The summed E-state index contributed by atoms with van der Waals surface area (Å²) in [6.45, 7) is 0. The first-order valence-corrected chi connectivity index (χ1v) is 9.75. The molecule has 0 radical (unpaired) electrons. The van der Waals surface area contributed by atoms with E-state index < -0.39 is 18.0 Å². The van der Waals surface area contributed by atoms with E-state index in [1.165, 1.54) is 12.3 Å². The Morgan fingerprint density at radius 1 is 0.938 bits per heavy atom. The van der Waals surface area contributed by atoms with Gasteiger partial charge in [0.25, 0.3) is 5.91 Å². The number of nitrogens with one attached hydrogen (secondary N) is 1. The number of esters is 1. The molecule has 0 aliphatic carbocycles. The SMILES string of the molecule is COc1ccc(C=CC(=O)Oc2cccc(C=NNC(=O)C(O)c3ccccc3)c2)cc1. The molecule has 162 valence electrons. The van der Waals surface area contributed by atoms with Gasteiger partial charge in [-0.15, -0.1) is 0 Å². The van der Waals surface area contributed by atoms with E-state index in [0.717, 1.165) is 11.3 Å². The van der Waals surface area contributed by atoms with E-state index in [4.69, 9.17) is 9.47 Å². The Hall–Kier alpha value is -4.23. The molecule has 1 atom stereocenters. The first-order chi connectivity index (χ1) is 15.5. The minimum atomic E-state index is -1.32. The Morgan fingerprint density at radius 2 is 1.69 bits per heavy atom. The van der Waals surface area contributed by atoms with E-state index in [1.54, 1.807) is 79.9 Å². The molecular weight excluding hydrogens is 408 g/mol. The molecule has 3 aromatic rings. The van der Waals surface area contributed by atoms with E-state index in [0.29, 0.717) is 16.9 Å². The Labute approximate surface area is 185 Å². The second-order valence-corrected chi connectivity index (χ2v) is 6.65. The van der Waals surface area contributed by atoms with Crippen LogP contribution in [0, 0.1) is 0 Å². The number of carbonyl (C=O) groups is 2. The van der Waals surface area contributed by atoms with Gasteiger partial charge in [0.1, 0.15) is 11.5 Å². The number of amides is 1. The summed E-state index contributed by atoms with van der Waals surface area (Å²) in [7, 11) is 1.59. The van der Waals surface area contributed by atoms with Gasteiger partial charge in [0.15, 0.2) is 6.10 Å². The summed E-state index contributed by atoms with van der Waals surface area (Å²) in [5.41, 5.74) is 4.19. The third-order valence-corrected chi connectivity index (χ3v) is 4.36. The number of nitrogens with zero attached hydrogens (tertiary/aromatic N) is 1. The van der Waals surface area contributed by atoms with Gasteiger partial charge >= 0.3 is 5.97 Å². The third kappa shape index (κ3) is 6.65. The molecule has 0 aliphatic heterocycles. The van der Waals surface area contributed by atoms with Gasteiger partial charge in [-0.2, -0.15) is 5.10 Å². The first kappa shape index (κ1) is 22.5. The highest BCUT2D eigenvalue weighted by Gasteiger charge is 2.15. The van der Waals surface area contributed by atoms with Gasteiger partial charge in [-0.3, -0.25) is 4.79 Å². The molecule has 0 fully saturated rings. The second kappa shape index (κ2) is 11.2. The molecule has 0 saturated carbocycles. The molecule has 32 heavy (non-hydrogen) atoms. The second-order valence-electron chi connectivity index (χ2n) is 6.65. The van der Waals surface area contributed by atoms with Crippen molar-refractivity contribution < 1.29 is 24.2 Å².